The molecule has 2 fully saturated rings. The lowest BCUT2D eigenvalue weighted by molar-refractivity contribution is -0.125. The Balaban J connectivity index is 1.28. The number of rotatable bonds is 9. The zero-order chi connectivity index (χ0) is 26.0. The molecular formula is C29H37N3O4S. The molecule has 1 saturated heterocycles. The molecule has 2 heterocycles. The van der Waals surface area contributed by atoms with Crippen LogP contribution in [0.25, 0.3) is 0 Å². The number of nitrogens with one attached hydrogen (secondary N) is 1. The molecule has 198 valence electrons. The predicted octanol–water partition coefficient (Wildman–Crippen LogP) is 5.22. The Labute approximate surface area is 223 Å². The number of benzene rings is 1. The van der Waals surface area contributed by atoms with Crippen molar-refractivity contribution in [3.8, 4) is 11.5 Å². The molecule has 7 nitrogen and oxygen atoms in total. The van der Waals surface area contributed by atoms with Gasteiger partial charge in [-0.25, -0.2) is 0 Å². The first-order chi connectivity index (χ1) is 17.9. The van der Waals surface area contributed by atoms with Crippen LogP contribution in [0.1, 0.15) is 67.6 Å². The minimum Gasteiger partial charge on any atom is -0.493 e. The first-order valence-electron chi connectivity index (χ1n) is 13.3. The summed E-state index contributed by atoms with van der Waals surface area (Å²) in [4.78, 5) is 32.5. The van der Waals surface area contributed by atoms with Crippen LogP contribution in [-0.2, 0) is 11.3 Å². The number of carbonyl (C=O) groups excluding carboxylic acids is 2. The smallest absolute Gasteiger partial charge is 0.266 e. The van der Waals surface area contributed by atoms with Crippen LogP contribution in [0.2, 0.25) is 0 Å². The van der Waals surface area contributed by atoms with Crippen molar-refractivity contribution in [2.24, 2.45) is 17.3 Å². The number of carbonyl (C=O) groups is 2. The molecule has 1 aromatic carbocycles. The Kier molecular flexibility index (Phi) is 7.56. The van der Waals surface area contributed by atoms with Gasteiger partial charge in [-0.3, -0.25) is 14.6 Å². The molecule has 2 amide bonds. The summed E-state index contributed by atoms with van der Waals surface area (Å²) in [6.07, 6.45) is 9.87. The number of amides is 2. The standard InChI is InChI=1S/C29H37N3O4S/c1-29(2)21-9-8-20(22(29)15-21)11-13-36-24-10-7-19(14-25(24)35-3)17-32(28(34)26-16-30-18-37-26)23-6-4-5-12-31-27(23)33/h7-8,10,14,16,18,21-23H,4-6,9,11-13,15,17H2,1-3H3,(H,31,33)/t21-,22-,23-/m0/s1. The maximum absolute atomic E-state index is 13.4. The number of aromatic nitrogens is 1. The molecule has 37 heavy (non-hydrogen) atoms. The number of fused-ring (bicyclic) bond motifs is 1. The van der Waals surface area contributed by atoms with Crippen molar-refractivity contribution in [1.82, 2.24) is 15.2 Å². The highest BCUT2D eigenvalue weighted by Gasteiger charge is 2.50. The third-order valence-corrected chi connectivity index (χ3v) is 9.36. The van der Waals surface area contributed by atoms with Crippen LogP contribution >= 0.6 is 11.3 Å². The molecule has 1 N–H and O–H groups in total. The van der Waals surface area contributed by atoms with Crippen LogP contribution < -0.4 is 14.8 Å². The maximum atomic E-state index is 13.4. The van der Waals surface area contributed by atoms with Crippen molar-refractivity contribution >= 4 is 23.2 Å². The summed E-state index contributed by atoms with van der Waals surface area (Å²) in [5.41, 5.74) is 4.47. The molecule has 1 saturated carbocycles. The summed E-state index contributed by atoms with van der Waals surface area (Å²) in [7, 11) is 1.63. The lowest BCUT2D eigenvalue weighted by Crippen LogP contribution is -2.48. The number of hydrogen-bond acceptors (Lipinski definition) is 6. The van der Waals surface area contributed by atoms with Crippen LogP contribution in [-0.4, -0.2) is 48.0 Å². The minimum absolute atomic E-state index is 0.0970. The Morgan fingerprint density at radius 1 is 1.27 bits per heavy atom. The third-order valence-electron chi connectivity index (χ3n) is 8.60. The van der Waals surface area contributed by atoms with Crippen LogP contribution in [0.4, 0.5) is 0 Å². The van der Waals surface area contributed by atoms with Gasteiger partial charge in [0.2, 0.25) is 5.91 Å². The van der Waals surface area contributed by atoms with Crippen molar-refractivity contribution in [3.05, 3.63) is 52.0 Å². The first kappa shape index (κ1) is 25.8. The van der Waals surface area contributed by atoms with Crippen molar-refractivity contribution in [2.45, 2.75) is 65.0 Å². The molecule has 4 aliphatic rings. The molecule has 2 bridgehead atoms. The van der Waals surface area contributed by atoms with E-state index in [1.165, 1.54) is 29.8 Å². The fraction of sp³-hybridized carbons (Fsp3) is 0.552. The van der Waals surface area contributed by atoms with Gasteiger partial charge in [0.15, 0.2) is 11.5 Å². The average molecular weight is 524 g/mol. The lowest BCUT2D eigenvalue weighted by atomic mass is 9.48. The summed E-state index contributed by atoms with van der Waals surface area (Å²) < 4.78 is 11.8. The zero-order valence-corrected chi connectivity index (χ0v) is 22.8. The van der Waals surface area contributed by atoms with Crippen LogP contribution in [0, 0.1) is 17.3 Å². The number of thiazole rings is 1. The number of methoxy groups -OCH3 is 1. The number of hydrogen-bond donors (Lipinski definition) is 1. The van der Waals surface area contributed by atoms with Gasteiger partial charge in [0.25, 0.3) is 5.91 Å². The van der Waals surface area contributed by atoms with Crippen LogP contribution in [0.3, 0.4) is 0 Å². The highest BCUT2D eigenvalue weighted by Crippen LogP contribution is 2.59. The molecule has 1 aromatic heterocycles. The molecular weight excluding hydrogens is 486 g/mol. The second-order valence-electron chi connectivity index (χ2n) is 11.0. The topological polar surface area (TPSA) is 80.8 Å². The van der Waals surface area contributed by atoms with Crippen molar-refractivity contribution < 1.29 is 19.1 Å². The second-order valence-corrected chi connectivity index (χ2v) is 11.9. The molecule has 3 aliphatic carbocycles. The van der Waals surface area contributed by atoms with E-state index in [0.717, 1.165) is 30.7 Å². The lowest BCUT2D eigenvalue weighted by Gasteiger charge is -2.56. The molecule has 6 rings (SSSR count). The van der Waals surface area contributed by atoms with Gasteiger partial charge in [-0.15, -0.1) is 11.3 Å². The van der Waals surface area contributed by atoms with E-state index < -0.39 is 6.04 Å². The normalized spacial score (nSPS) is 24.2. The van der Waals surface area contributed by atoms with Gasteiger partial charge >= 0.3 is 0 Å². The molecule has 0 radical (unpaired) electrons. The Morgan fingerprint density at radius 2 is 2.14 bits per heavy atom. The third kappa shape index (κ3) is 5.26. The van der Waals surface area contributed by atoms with E-state index in [9.17, 15) is 9.59 Å². The van der Waals surface area contributed by atoms with E-state index in [1.807, 2.05) is 18.2 Å². The van der Waals surface area contributed by atoms with E-state index in [1.54, 1.807) is 23.7 Å². The Morgan fingerprint density at radius 3 is 2.86 bits per heavy atom. The fourth-order valence-electron chi connectivity index (χ4n) is 6.17. The van der Waals surface area contributed by atoms with Crippen LogP contribution in [0.15, 0.2) is 41.6 Å². The summed E-state index contributed by atoms with van der Waals surface area (Å²) in [5.74, 6) is 2.57. The van der Waals surface area contributed by atoms with E-state index in [-0.39, 0.29) is 11.8 Å². The molecule has 8 heteroatoms. The molecule has 0 spiro atoms. The molecule has 0 unspecified atom stereocenters. The van der Waals surface area contributed by atoms with Gasteiger partial charge in [-0.1, -0.05) is 31.6 Å². The largest absolute Gasteiger partial charge is 0.493 e. The number of ether oxygens (including phenoxy) is 2. The van der Waals surface area contributed by atoms with Gasteiger partial charge in [0.1, 0.15) is 10.9 Å². The van der Waals surface area contributed by atoms with Crippen molar-refractivity contribution in [1.29, 1.82) is 0 Å². The number of nitrogens with zero attached hydrogens (tertiary/aromatic N) is 2. The highest BCUT2D eigenvalue weighted by atomic mass is 32.1. The van der Waals surface area contributed by atoms with Gasteiger partial charge < -0.3 is 19.7 Å². The summed E-state index contributed by atoms with van der Waals surface area (Å²) in [6, 6.07) is 5.27. The van der Waals surface area contributed by atoms with Crippen molar-refractivity contribution in [2.75, 3.05) is 20.3 Å². The fourth-order valence-corrected chi connectivity index (χ4v) is 6.74. The number of allylic oxidation sites excluding steroid dienone is 1. The molecule has 1 aliphatic heterocycles. The highest BCUT2D eigenvalue weighted by molar-refractivity contribution is 7.11. The van der Waals surface area contributed by atoms with Crippen molar-refractivity contribution in [3.63, 3.8) is 0 Å². The van der Waals surface area contributed by atoms with Gasteiger partial charge in [0, 0.05) is 19.5 Å². The molecule has 2 aromatic rings. The van der Waals surface area contributed by atoms with E-state index in [2.05, 4.69) is 30.2 Å². The monoisotopic (exact) mass is 523 g/mol. The Bertz CT molecular complexity index is 1160. The van der Waals surface area contributed by atoms with E-state index in [0.29, 0.717) is 53.8 Å². The van der Waals surface area contributed by atoms with Gasteiger partial charge in [-0.05, 0) is 67.1 Å². The maximum Gasteiger partial charge on any atom is 0.266 e. The summed E-state index contributed by atoms with van der Waals surface area (Å²) in [5, 5.41) is 2.96. The second kappa shape index (κ2) is 10.9. The van der Waals surface area contributed by atoms with E-state index in [4.69, 9.17) is 9.47 Å². The average Bonchev–Trinajstić information content (AvgIpc) is 3.36. The zero-order valence-electron chi connectivity index (χ0n) is 22.0. The molecule has 3 atom stereocenters. The minimum atomic E-state index is -0.516. The van der Waals surface area contributed by atoms with E-state index >= 15 is 0 Å². The quantitative estimate of drug-likeness (QED) is 0.456. The Hall–Kier alpha value is -2.87. The van der Waals surface area contributed by atoms with Gasteiger partial charge in [0.05, 0.1) is 25.4 Å². The van der Waals surface area contributed by atoms with Gasteiger partial charge in [-0.2, -0.15) is 0 Å². The predicted molar refractivity (Wildman–Crippen MR) is 144 cm³/mol. The first-order valence-corrected chi connectivity index (χ1v) is 14.2. The summed E-state index contributed by atoms with van der Waals surface area (Å²) in [6.45, 7) is 6.34. The summed E-state index contributed by atoms with van der Waals surface area (Å²) >= 11 is 1.29. The van der Waals surface area contributed by atoms with Crippen LogP contribution in [0.5, 0.6) is 11.5 Å². The SMILES string of the molecule is COc1cc(CN(C(=O)c2cncs2)[C@H]2CCCCNC2=O)ccc1OCCC1=CC[C@H]2C[C@@H]1C2(C)C.